The van der Waals surface area contributed by atoms with Gasteiger partial charge in [-0.1, -0.05) is 19.9 Å². The van der Waals surface area contributed by atoms with Gasteiger partial charge in [-0.25, -0.2) is 4.98 Å². The van der Waals surface area contributed by atoms with Crippen molar-refractivity contribution in [1.29, 1.82) is 0 Å². The van der Waals surface area contributed by atoms with Crippen LogP contribution in [0.3, 0.4) is 0 Å². The molecule has 2 atom stereocenters. The first-order valence-electron chi connectivity index (χ1n) is 4.94. The number of hydrogen-bond donors (Lipinski definition) is 1. The minimum absolute atomic E-state index is 0.435. The van der Waals surface area contributed by atoms with Gasteiger partial charge in [0.15, 0.2) is 0 Å². The molecule has 0 aliphatic carbocycles. The van der Waals surface area contributed by atoms with E-state index in [0.29, 0.717) is 5.25 Å². The molecule has 0 radical (unpaired) electrons. The molecule has 0 saturated carbocycles. The molecule has 78 valence electrons. The Kier molecular flexibility index (Phi) is 4.42. The Morgan fingerprint density at radius 3 is 2.79 bits per heavy atom. The molecular formula is C11H17NOS. The van der Waals surface area contributed by atoms with Gasteiger partial charge in [0.2, 0.25) is 0 Å². The lowest BCUT2D eigenvalue weighted by Gasteiger charge is -2.13. The zero-order valence-electron chi connectivity index (χ0n) is 8.90. The van der Waals surface area contributed by atoms with Crippen molar-refractivity contribution < 1.29 is 5.11 Å². The van der Waals surface area contributed by atoms with Crippen LogP contribution in [-0.2, 0) is 0 Å². The van der Waals surface area contributed by atoms with Gasteiger partial charge >= 0.3 is 0 Å². The second kappa shape index (κ2) is 5.37. The standard InChI is InChI=1S/C11H17NOS/c1-4-8(2)14-11-10(9(3)13)6-5-7-12-11/h5-9,13H,4H2,1-3H3/t8?,9-/m0/s1. The van der Waals surface area contributed by atoms with Crippen molar-refractivity contribution in [1.82, 2.24) is 4.98 Å². The summed E-state index contributed by atoms with van der Waals surface area (Å²) in [6.45, 7) is 6.10. The highest BCUT2D eigenvalue weighted by molar-refractivity contribution is 7.99. The fourth-order valence-corrected chi connectivity index (χ4v) is 2.14. The van der Waals surface area contributed by atoms with Crippen molar-refractivity contribution >= 4 is 11.8 Å². The maximum atomic E-state index is 9.54. The third-order valence-electron chi connectivity index (χ3n) is 2.14. The smallest absolute Gasteiger partial charge is 0.102 e. The molecule has 0 amide bonds. The van der Waals surface area contributed by atoms with Gasteiger partial charge in [0, 0.05) is 17.0 Å². The molecule has 14 heavy (non-hydrogen) atoms. The van der Waals surface area contributed by atoms with Crippen LogP contribution in [0.25, 0.3) is 0 Å². The third kappa shape index (κ3) is 3.00. The molecule has 1 aromatic rings. The molecular weight excluding hydrogens is 194 g/mol. The lowest BCUT2D eigenvalue weighted by Crippen LogP contribution is -2.00. The van der Waals surface area contributed by atoms with E-state index in [-0.39, 0.29) is 0 Å². The number of pyridine rings is 1. The largest absolute Gasteiger partial charge is 0.389 e. The van der Waals surface area contributed by atoms with E-state index in [0.717, 1.165) is 17.0 Å². The Hall–Kier alpha value is -0.540. The minimum Gasteiger partial charge on any atom is -0.389 e. The van der Waals surface area contributed by atoms with Crippen molar-refractivity contribution in [3.05, 3.63) is 23.9 Å². The lowest BCUT2D eigenvalue weighted by molar-refractivity contribution is 0.195. The molecule has 3 heteroatoms. The summed E-state index contributed by atoms with van der Waals surface area (Å²) >= 11 is 1.73. The SMILES string of the molecule is CCC(C)Sc1ncccc1[C@H](C)O. The molecule has 0 saturated heterocycles. The van der Waals surface area contributed by atoms with Gasteiger partial charge in [0.25, 0.3) is 0 Å². The van der Waals surface area contributed by atoms with E-state index in [4.69, 9.17) is 0 Å². The summed E-state index contributed by atoms with van der Waals surface area (Å²) < 4.78 is 0. The van der Waals surface area contributed by atoms with Crippen molar-refractivity contribution in [2.45, 2.75) is 43.6 Å². The first-order valence-corrected chi connectivity index (χ1v) is 5.82. The molecule has 0 spiro atoms. The van der Waals surface area contributed by atoms with Crippen molar-refractivity contribution in [2.75, 3.05) is 0 Å². The molecule has 1 unspecified atom stereocenters. The number of aliphatic hydroxyl groups excluding tert-OH is 1. The van der Waals surface area contributed by atoms with Crippen LogP contribution < -0.4 is 0 Å². The highest BCUT2D eigenvalue weighted by Gasteiger charge is 2.11. The van der Waals surface area contributed by atoms with E-state index in [2.05, 4.69) is 18.8 Å². The summed E-state index contributed by atoms with van der Waals surface area (Å²) in [6, 6.07) is 3.80. The van der Waals surface area contributed by atoms with Gasteiger partial charge < -0.3 is 5.11 Å². The fraction of sp³-hybridized carbons (Fsp3) is 0.545. The van der Waals surface area contributed by atoms with E-state index >= 15 is 0 Å². The Morgan fingerprint density at radius 2 is 2.21 bits per heavy atom. The predicted molar refractivity (Wildman–Crippen MR) is 60.5 cm³/mol. The topological polar surface area (TPSA) is 33.1 Å². The van der Waals surface area contributed by atoms with Gasteiger partial charge in [-0.2, -0.15) is 0 Å². The van der Waals surface area contributed by atoms with Crippen molar-refractivity contribution in [3.8, 4) is 0 Å². The van der Waals surface area contributed by atoms with Crippen LogP contribution in [0.1, 0.15) is 38.9 Å². The van der Waals surface area contributed by atoms with Crippen LogP contribution in [0.2, 0.25) is 0 Å². The van der Waals surface area contributed by atoms with Gasteiger partial charge in [-0.05, 0) is 19.4 Å². The van der Waals surface area contributed by atoms with Gasteiger partial charge in [0.05, 0.1) is 6.10 Å². The molecule has 1 heterocycles. The van der Waals surface area contributed by atoms with Gasteiger partial charge in [-0.3, -0.25) is 0 Å². The van der Waals surface area contributed by atoms with Gasteiger partial charge in [-0.15, -0.1) is 11.8 Å². The van der Waals surface area contributed by atoms with E-state index in [1.807, 2.05) is 12.1 Å². The molecule has 0 aromatic carbocycles. The number of rotatable bonds is 4. The maximum absolute atomic E-state index is 9.54. The molecule has 0 aliphatic heterocycles. The summed E-state index contributed by atoms with van der Waals surface area (Å²) in [7, 11) is 0. The maximum Gasteiger partial charge on any atom is 0.102 e. The van der Waals surface area contributed by atoms with E-state index in [1.165, 1.54) is 0 Å². The summed E-state index contributed by atoms with van der Waals surface area (Å²) in [4.78, 5) is 4.29. The van der Waals surface area contributed by atoms with Crippen molar-refractivity contribution in [2.24, 2.45) is 0 Å². The highest BCUT2D eigenvalue weighted by atomic mass is 32.2. The lowest BCUT2D eigenvalue weighted by atomic mass is 10.2. The monoisotopic (exact) mass is 211 g/mol. The molecule has 2 nitrogen and oxygen atoms in total. The normalized spacial score (nSPS) is 15.1. The van der Waals surface area contributed by atoms with Crippen LogP contribution in [0.15, 0.2) is 23.4 Å². The predicted octanol–water partition coefficient (Wildman–Crippen LogP) is 3.03. The molecule has 0 fully saturated rings. The van der Waals surface area contributed by atoms with Gasteiger partial charge in [0.1, 0.15) is 5.03 Å². The summed E-state index contributed by atoms with van der Waals surface area (Å²) in [5, 5.41) is 11.0. The van der Waals surface area contributed by atoms with Crippen LogP contribution in [0.5, 0.6) is 0 Å². The Labute approximate surface area is 89.8 Å². The van der Waals surface area contributed by atoms with E-state index in [1.54, 1.807) is 24.9 Å². The zero-order chi connectivity index (χ0) is 10.6. The van der Waals surface area contributed by atoms with Crippen LogP contribution in [-0.4, -0.2) is 15.3 Å². The average Bonchev–Trinajstić information content (AvgIpc) is 2.18. The van der Waals surface area contributed by atoms with E-state index < -0.39 is 6.10 Å². The van der Waals surface area contributed by atoms with Crippen molar-refractivity contribution in [3.63, 3.8) is 0 Å². The van der Waals surface area contributed by atoms with Crippen LogP contribution in [0.4, 0.5) is 0 Å². The molecule has 0 bridgehead atoms. The number of aromatic nitrogens is 1. The Bertz CT molecular complexity index is 288. The third-order valence-corrected chi connectivity index (χ3v) is 3.44. The Morgan fingerprint density at radius 1 is 1.50 bits per heavy atom. The molecule has 1 N–H and O–H groups in total. The first kappa shape index (κ1) is 11.5. The second-order valence-corrected chi connectivity index (χ2v) is 4.84. The Balaban J connectivity index is 2.84. The second-order valence-electron chi connectivity index (χ2n) is 3.41. The molecule has 1 aromatic heterocycles. The quantitative estimate of drug-likeness (QED) is 0.777. The average molecular weight is 211 g/mol. The minimum atomic E-state index is -0.435. The molecule has 0 aliphatic rings. The number of aliphatic hydroxyl groups is 1. The highest BCUT2D eigenvalue weighted by Crippen LogP contribution is 2.29. The molecule has 1 rings (SSSR count). The number of hydrogen-bond acceptors (Lipinski definition) is 3. The van der Waals surface area contributed by atoms with Crippen LogP contribution in [0, 0.1) is 0 Å². The zero-order valence-corrected chi connectivity index (χ0v) is 9.71. The summed E-state index contributed by atoms with van der Waals surface area (Å²) in [5.41, 5.74) is 0.929. The van der Waals surface area contributed by atoms with E-state index in [9.17, 15) is 5.11 Å². The fourth-order valence-electron chi connectivity index (χ4n) is 1.09. The summed E-state index contributed by atoms with van der Waals surface area (Å²) in [5.74, 6) is 0. The number of thioether (sulfide) groups is 1. The number of nitrogens with zero attached hydrogens (tertiary/aromatic N) is 1. The van der Waals surface area contributed by atoms with Crippen LogP contribution >= 0.6 is 11.8 Å². The summed E-state index contributed by atoms with van der Waals surface area (Å²) in [6.07, 6.45) is 2.45. The first-order chi connectivity index (χ1) is 6.65.